The van der Waals surface area contributed by atoms with Gasteiger partial charge in [0.05, 0.1) is 23.5 Å². The van der Waals surface area contributed by atoms with Crippen molar-refractivity contribution in [1.29, 1.82) is 0 Å². The van der Waals surface area contributed by atoms with E-state index in [1.165, 1.54) is 18.3 Å². The van der Waals surface area contributed by atoms with Gasteiger partial charge in [-0.1, -0.05) is 53.5 Å². The van der Waals surface area contributed by atoms with Crippen LogP contribution in [0.3, 0.4) is 0 Å². The van der Waals surface area contributed by atoms with Crippen LogP contribution < -0.4 is 5.43 Å². The number of para-hydroxylation sites is 1. The molecule has 0 radical (unpaired) electrons. The second kappa shape index (κ2) is 9.81. The Balaban J connectivity index is 1.44. The third-order valence-corrected chi connectivity index (χ3v) is 6.37. The Morgan fingerprint density at radius 2 is 1.75 bits per heavy atom. The maximum absolute atomic E-state index is 12.7. The molecule has 0 aliphatic carbocycles. The van der Waals surface area contributed by atoms with Crippen LogP contribution in [0.15, 0.2) is 84.1 Å². The first-order valence-electron chi connectivity index (χ1n) is 10.9. The molecule has 0 aliphatic rings. The number of amides is 1. The SMILES string of the molecule is O=C(O)c1ccc(C=NNC(=O)c2cc3c4ccccc4n(Cc4cc(Cl)ccc4Cl)c3cn2)cc1. The number of pyridine rings is 1. The van der Waals surface area contributed by atoms with Crippen LogP contribution in [0.4, 0.5) is 0 Å². The third-order valence-electron chi connectivity index (χ3n) is 5.76. The molecule has 0 atom stereocenters. The average molecular weight is 517 g/mol. The number of carbonyl (C=O) groups excluding carboxylic acids is 1. The highest BCUT2D eigenvalue weighted by Gasteiger charge is 2.16. The summed E-state index contributed by atoms with van der Waals surface area (Å²) in [6.45, 7) is 0.488. The van der Waals surface area contributed by atoms with E-state index in [4.69, 9.17) is 28.3 Å². The summed E-state index contributed by atoms with van der Waals surface area (Å²) in [5.41, 5.74) is 6.20. The van der Waals surface area contributed by atoms with Gasteiger partial charge in [0.25, 0.3) is 5.91 Å². The number of carbonyl (C=O) groups is 2. The van der Waals surface area contributed by atoms with Crippen LogP contribution in [0.2, 0.25) is 10.0 Å². The fraction of sp³-hybridized carbons (Fsp3) is 0.0370. The molecule has 0 spiro atoms. The van der Waals surface area contributed by atoms with Gasteiger partial charge >= 0.3 is 5.97 Å². The van der Waals surface area contributed by atoms with Crippen LogP contribution in [0.1, 0.15) is 32.0 Å². The molecule has 178 valence electrons. The lowest BCUT2D eigenvalue weighted by Crippen LogP contribution is -2.19. The maximum atomic E-state index is 12.7. The van der Waals surface area contributed by atoms with Crippen molar-refractivity contribution in [3.8, 4) is 0 Å². The molecule has 0 saturated heterocycles. The summed E-state index contributed by atoms with van der Waals surface area (Å²) in [7, 11) is 0. The Hall–Kier alpha value is -4.20. The number of fused-ring (bicyclic) bond motifs is 3. The number of benzene rings is 3. The van der Waals surface area contributed by atoms with E-state index in [-0.39, 0.29) is 11.3 Å². The minimum atomic E-state index is -1.01. The number of hydrogen-bond acceptors (Lipinski definition) is 4. The van der Waals surface area contributed by atoms with E-state index in [1.54, 1.807) is 36.5 Å². The molecule has 2 aromatic heterocycles. The zero-order valence-corrected chi connectivity index (χ0v) is 20.2. The van der Waals surface area contributed by atoms with Gasteiger partial charge in [0, 0.05) is 32.9 Å². The molecule has 1 amide bonds. The Labute approximate surface area is 215 Å². The summed E-state index contributed by atoms with van der Waals surface area (Å²) in [5, 5.41) is 16.0. The maximum Gasteiger partial charge on any atom is 0.335 e. The summed E-state index contributed by atoms with van der Waals surface area (Å²) < 4.78 is 2.09. The summed E-state index contributed by atoms with van der Waals surface area (Å²) in [5.74, 6) is -1.48. The van der Waals surface area contributed by atoms with Crippen molar-refractivity contribution in [2.75, 3.05) is 0 Å². The number of rotatable bonds is 6. The smallest absolute Gasteiger partial charge is 0.335 e. The largest absolute Gasteiger partial charge is 0.478 e. The third kappa shape index (κ3) is 4.66. The molecule has 5 rings (SSSR count). The standard InChI is InChI=1S/C27H18Cl2N4O3/c28-19-9-10-22(29)18(11-19)15-33-24-4-2-1-3-20(24)21-12-23(30-14-25(21)33)26(34)32-31-13-16-5-7-17(8-6-16)27(35)36/h1-14H,15H2,(H,32,34)(H,35,36). The Morgan fingerprint density at radius 1 is 0.972 bits per heavy atom. The van der Waals surface area contributed by atoms with E-state index in [0.29, 0.717) is 22.2 Å². The molecular weight excluding hydrogens is 499 g/mol. The van der Waals surface area contributed by atoms with Gasteiger partial charge < -0.3 is 9.67 Å². The minimum Gasteiger partial charge on any atom is -0.478 e. The molecule has 2 N–H and O–H groups in total. The van der Waals surface area contributed by atoms with E-state index < -0.39 is 11.9 Å². The average Bonchev–Trinajstić information content (AvgIpc) is 3.19. The second-order valence-corrected chi connectivity index (χ2v) is 8.90. The zero-order chi connectivity index (χ0) is 25.2. The first-order chi connectivity index (χ1) is 17.4. The number of hydrogen-bond donors (Lipinski definition) is 2. The van der Waals surface area contributed by atoms with Gasteiger partial charge in [0.1, 0.15) is 5.69 Å². The van der Waals surface area contributed by atoms with Crippen LogP contribution in [-0.4, -0.2) is 32.7 Å². The minimum absolute atomic E-state index is 0.172. The van der Waals surface area contributed by atoms with Crippen LogP contribution in [0.5, 0.6) is 0 Å². The lowest BCUT2D eigenvalue weighted by molar-refractivity contribution is 0.0696. The predicted molar refractivity (Wildman–Crippen MR) is 141 cm³/mol. The predicted octanol–water partition coefficient (Wildman–Crippen LogP) is 6.01. The van der Waals surface area contributed by atoms with Crippen LogP contribution >= 0.6 is 23.2 Å². The molecule has 0 fully saturated rings. The molecule has 0 unspecified atom stereocenters. The van der Waals surface area contributed by atoms with Gasteiger partial charge in [-0.3, -0.25) is 4.79 Å². The number of carboxylic acids is 1. The topological polar surface area (TPSA) is 96.6 Å². The second-order valence-electron chi connectivity index (χ2n) is 8.05. The fourth-order valence-electron chi connectivity index (χ4n) is 4.01. The highest BCUT2D eigenvalue weighted by molar-refractivity contribution is 6.33. The Morgan fingerprint density at radius 3 is 2.53 bits per heavy atom. The zero-order valence-electron chi connectivity index (χ0n) is 18.7. The van der Waals surface area contributed by atoms with Crippen LogP contribution in [-0.2, 0) is 6.54 Å². The molecule has 3 aromatic carbocycles. The summed E-state index contributed by atoms with van der Waals surface area (Å²) in [6.07, 6.45) is 3.10. The summed E-state index contributed by atoms with van der Waals surface area (Å²) in [4.78, 5) is 28.1. The van der Waals surface area contributed by atoms with E-state index in [2.05, 4.69) is 20.1 Å². The normalized spacial score (nSPS) is 11.4. The molecule has 0 bridgehead atoms. The number of aromatic carboxylic acids is 1. The summed E-state index contributed by atoms with van der Waals surface area (Å²) in [6, 6.07) is 21.1. The molecule has 5 aromatic rings. The van der Waals surface area contributed by atoms with E-state index in [1.807, 2.05) is 30.3 Å². The number of nitrogens with one attached hydrogen (secondary N) is 1. The van der Waals surface area contributed by atoms with E-state index in [9.17, 15) is 9.59 Å². The van der Waals surface area contributed by atoms with Crippen LogP contribution in [0.25, 0.3) is 21.8 Å². The summed E-state index contributed by atoms with van der Waals surface area (Å²) >= 11 is 12.6. The van der Waals surface area contributed by atoms with E-state index in [0.717, 1.165) is 27.4 Å². The molecule has 36 heavy (non-hydrogen) atoms. The van der Waals surface area contributed by atoms with Gasteiger partial charge in [-0.05, 0) is 53.6 Å². The van der Waals surface area contributed by atoms with Crippen molar-refractivity contribution in [2.45, 2.75) is 6.54 Å². The first kappa shape index (κ1) is 23.5. The number of aromatic nitrogens is 2. The number of hydrazone groups is 1. The quantitative estimate of drug-likeness (QED) is 0.213. The van der Waals surface area contributed by atoms with Crippen molar-refractivity contribution in [3.05, 3.63) is 111 Å². The fourth-order valence-corrected chi connectivity index (χ4v) is 4.38. The van der Waals surface area contributed by atoms with Gasteiger partial charge in [-0.2, -0.15) is 5.10 Å². The first-order valence-corrected chi connectivity index (χ1v) is 11.6. The van der Waals surface area contributed by atoms with Crippen LogP contribution in [0, 0.1) is 0 Å². The Bertz CT molecular complexity index is 1660. The van der Waals surface area contributed by atoms with Crippen molar-refractivity contribution < 1.29 is 14.7 Å². The molecule has 0 aliphatic heterocycles. The highest BCUT2D eigenvalue weighted by Crippen LogP contribution is 2.31. The molecule has 2 heterocycles. The number of halogens is 2. The van der Waals surface area contributed by atoms with Crippen molar-refractivity contribution in [3.63, 3.8) is 0 Å². The van der Waals surface area contributed by atoms with Gasteiger partial charge in [0.2, 0.25) is 0 Å². The Kier molecular flexibility index (Phi) is 6.41. The van der Waals surface area contributed by atoms with Crippen molar-refractivity contribution >= 4 is 63.1 Å². The molecule has 9 heteroatoms. The van der Waals surface area contributed by atoms with Crippen molar-refractivity contribution in [2.24, 2.45) is 5.10 Å². The highest BCUT2D eigenvalue weighted by atomic mass is 35.5. The van der Waals surface area contributed by atoms with Gasteiger partial charge in [-0.15, -0.1) is 0 Å². The number of carboxylic acid groups (broad SMARTS) is 1. The number of nitrogens with zero attached hydrogens (tertiary/aromatic N) is 3. The van der Waals surface area contributed by atoms with Gasteiger partial charge in [-0.25, -0.2) is 15.2 Å². The monoisotopic (exact) mass is 516 g/mol. The molecule has 7 nitrogen and oxygen atoms in total. The molecule has 0 saturated carbocycles. The van der Waals surface area contributed by atoms with Crippen molar-refractivity contribution in [1.82, 2.24) is 15.0 Å². The van der Waals surface area contributed by atoms with Gasteiger partial charge in [0.15, 0.2) is 0 Å². The lowest BCUT2D eigenvalue weighted by Gasteiger charge is -2.10. The lowest BCUT2D eigenvalue weighted by atomic mass is 10.1. The molecular formula is C27H18Cl2N4O3. The van der Waals surface area contributed by atoms with E-state index >= 15 is 0 Å².